The Bertz CT molecular complexity index is 669. The van der Waals surface area contributed by atoms with Crippen molar-refractivity contribution >= 4 is 11.9 Å². The van der Waals surface area contributed by atoms with Crippen LogP contribution < -0.4 is 10.2 Å². The highest BCUT2D eigenvalue weighted by Gasteiger charge is 2.24. The third-order valence-corrected chi connectivity index (χ3v) is 4.08. The van der Waals surface area contributed by atoms with E-state index in [0.717, 1.165) is 44.0 Å². The van der Waals surface area contributed by atoms with E-state index in [1.54, 1.807) is 18.5 Å². The van der Waals surface area contributed by atoms with Crippen molar-refractivity contribution in [3.8, 4) is 0 Å². The lowest BCUT2D eigenvalue weighted by Crippen LogP contribution is -2.48. The van der Waals surface area contributed by atoms with Crippen LogP contribution in [-0.4, -0.2) is 45.2 Å². The molecule has 0 bridgehead atoms. The summed E-state index contributed by atoms with van der Waals surface area (Å²) in [5.74, 6) is 1.12. The third kappa shape index (κ3) is 4.10. The highest BCUT2D eigenvalue weighted by molar-refractivity contribution is 5.92. The van der Waals surface area contributed by atoms with Crippen LogP contribution in [0.1, 0.15) is 42.9 Å². The maximum atomic E-state index is 12.4. The molecule has 3 heterocycles. The van der Waals surface area contributed by atoms with E-state index in [0.29, 0.717) is 11.6 Å². The number of anilines is 1. The number of amides is 1. The summed E-state index contributed by atoms with van der Waals surface area (Å²) in [7, 11) is 0. The van der Waals surface area contributed by atoms with E-state index < -0.39 is 0 Å². The van der Waals surface area contributed by atoms with Crippen molar-refractivity contribution in [2.45, 2.75) is 39.2 Å². The Hall–Kier alpha value is -2.44. The molecule has 24 heavy (non-hydrogen) atoms. The number of hydrogen-bond donors (Lipinski definition) is 2. The van der Waals surface area contributed by atoms with E-state index in [4.69, 9.17) is 0 Å². The summed E-state index contributed by atoms with van der Waals surface area (Å²) in [6.45, 7) is 5.92. The molecule has 7 heteroatoms. The van der Waals surface area contributed by atoms with E-state index in [2.05, 4.69) is 44.2 Å². The molecule has 0 saturated carbocycles. The number of rotatable bonds is 5. The zero-order valence-corrected chi connectivity index (χ0v) is 14.2. The van der Waals surface area contributed by atoms with Crippen molar-refractivity contribution in [1.29, 1.82) is 0 Å². The number of aromatic amines is 1. The smallest absolute Gasteiger partial charge is 0.272 e. The molecule has 1 aliphatic heterocycles. The molecule has 0 unspecified atom stereocenters. The fourth-order valence-electron chi connectivity index (χ4n) is 3.01. The van der Waals surface area contributed by atoms with Gasteiger partial charge in [-0.25, -0.2) is 9.97 Å². The van der Waals surface area contributed by atoms with Gasteiger partial charge in [-0.15, -0.1) is 0 Å². The Balaban J connectivity index is 1.59. The van der Waals surface area contributed by atoms with Gasteiger partial charge in [0.1, 0.15) is 5.69 Å². The van der Waals surface area contributed by atoms with Crippen LogP contribution in [0.3, 0.4) is 0 Å². The van der Waals surface area contributed by atoms with Gasteiger partial charge in [0.05, 0.1) is 0 Å². The van der Waals surface area contributed by atoms with Crippen LogP contribution in [0.4, 0.5) is 5.95 Å². The molecular weight excluding hydrogens is 304 g/mol. The Kier molecular flexibility index (Phi) is 5.08. The second kappa shape index (κ2) is 7.42. The van der Waals surface area contributed by atoms with Gasteiger partial charge in [-0.2, -0.15) is 5.10 Å². The van der Waals surface area contributed by atoms with Crippen LogP contribution in [0.25, 0.3) is 0 Å². The normalized spacial score (nSPS) is 18.0. The third-order valence-electron chi connectivity index (χ3n) is 4.08. The molecule has 2 aromatic heterocycles. The molecule has 1 atom stereocenters. The van der Waals surface area contributed by atoms with Gasteiger partial charge in [0.2, 0.25) is 5.95 Å². The average Bonchev–Trinajstić information content (AvgIpc) is 3.04. The molecular formula is C17H24N6O. The maximum absolute atomic E-state index is 12.4. The summed E-state index contributed by atoms with van der Waals surface area (Å²) in [4.78, 5) is 23.1. The Morgan fingerprint density at radius 2 is 2.21 bits per heavy atom. The summed E-state index contributed by atoms with van der Waals surface area (Å²) >= 11 is 0. The SMILES string of the molecule is CC(C)Cc1cc(C(=O)N[C@H]2CCCN(c3ncccn3)C2)n[nH]1. The number of carbonyl (C=O) groups excluding carboxylic acids is 1. The fourth-order valence-corrected chi connectivity index (χ4v) is 3.01. The molecule has 0 aliphatic carbocycles. The molecule has 1 amide bonds. The highest BCUT2D eigenvalue weighted by atomic mass is 16.2. The fraction of sp³-hybridized carbons (Fsp3) is 0.529. The minimum absolute atomic E-state index is 0.0836. The standard InChI is InChI=1S/C17H24N6O/c1-12(2)9-14-10-15(22-21-14)16(24)20-13-5-3-8-23(11-13)17-18-6-4-7-19-17/h4,6-7,10,12-13H,3,5,8-9,11H2,1-2H3,(H,20,24)(H,21,22)/t13-/m0/s1. The van der Waals surface area contributed by atoms with Crippen LogP contribution in [0.5, 0.6) is 0 Å². The lowest BCUT2D eigenvalue weighted by atomic mass is 10.1. The monoisotopic (exact) mass is 328 g/mol. The van der Waals surface area contributed by atoms with E-state index in [1.165, 1.54) is 0 Å². The van der Waals surface area contributed by atoms with Gasteiger partial charge in [-0.3, -0.25) is 9.89 Å². The van der Waals surface area contributed by atoms with Gasteiger partial charge >= 0.3 is 0 Å². The van der Waals surface area contributed by atoms with E-state index >= 15 is 0 Å². The number of carbonyl (C=O) groups is 1. The molecule has 128 valence electrons. The van der Waals surface area contributed by atoms with Crippen molar-refractivity contribution in [3.63, 3.8) is 0 Å². The van der Waals surface area contributed by atoms with Gasteiger partial charge in [-0.1, -0.05) is 13.8 Å². The molecule has 1 fully saturated rings. The predicted octanol–water partition coefficient (Wildman–Crippen LogP) is 1.80. The van der Waals surface area contributed by atoms with Crippen molar-refractivity contribution in [1.82, 2.24) is 25.5 Å². The van der Waals surface area contributed by atoms with Crippen LogP contribution in [0.2, 0.25) is 0 Å². The number of nitrogens with zero attached hydrogens (tertiary/aromatic N) is 4. The molecule has 2 aromatic rings. The molecule has 2 N–H and O–H groups in total. The topological polar surface area (TPSA) is 86.8 Å². The first-order valence-electron chi connectivity index (χ1n) is 8.49. The van der Waals surface area contributed by atoms with Crippen LogP contribution >= 0.6 is 0 Å². The lowest BCUT2D eigenvalue weighted by molar-refractivity contribution is 0.0928. The highest BCUT2D eigenvalue weighted by Crippen LogP contribution is 2.16. The van der Waals surface area contributed by atoms with E-state index in [9.17, 15) is 4.79 Å². The summed E-state index contributed by atoms with van der Waals surface area (Å²) < 4.78 is 0. The van der Waals surface area contributed by atoms with Crippen LogP contribution in [-0.2, 0) is 6.42 Å². The minimum atomic E-state index is -0.123. The molecule has 0 aromatic carbocycles. The van der Waals surface area contributed by atoms with Crippen molar-refractivity contribution in [2.75, 3.05) is 18.0 Å². The zero-order chi connectivity index (χ0) is 16.9. The summed E-state index contributed by atoms with van der Waals surface area (Å²) in [5.41, 5.74) is 1.46. The van der Waals surface area contributed by atoms with Crippen LogP contribution in [0.15, 0.2) is 24.5 Å². The summed E-state index contributed by atoms with van der Waals surface area (Å²) in [6.07, 6.45) is 6.33. The molecule has 0 radical (unpaired) electrons. The Labute approximate surface area is 141 Å². The summed E-state index contributed by atoms with van der Waals surface area (Å²) in [5, 5.41) is 10.2. The first-order chi connectivity index (χ1) is 11.6. The molecule has 1 aliphatic rings. The van der Waals surface area contributed by atoms with Gasteiger partial charge in [0.15, 0.2) is 0 Å². The van der Waals surface area contributed by atoms with Gasteiger partial charge in [0.25, 0.3) is 5.91 Å². The molecule has 1 saturated heterocycles. The second-order valence-electron chi connectivity index (χ2n) is 6.68. The lowest BCUT2D eigenvalue weighted by Gasteiger charge is -2.32. The maximum Gasteiger partial charge on any atom is 0.272 e. The number of H-pyrrole nitrogens is 1. The predicted molar refractivity (Wildman–Crippen MR) is 91.9 cm³/mol. The molecule has 0 spiro atoms. The zero-order valence-electron chi connectivity index (χ0n) is 14.2. The molecule has 3 rings (SSSR count). The second-order valence-corrected chi connectivity index (χ2v) is 6.68. The van der Waals surface area contributed by atoms with Gasteiger partial charge < -0.3 is 10.2 Å². The summed E-state index contributed by atoms with van der Waals surface area (Å²) in [6, 6.07) is 3.73. The largest absolute Gasteiger partial charge is 0.346 e. The Morgan fingerprint density at radius 3 is 2.96 bits per heavy atom. The van der Waals surface area contributed by atoms with E-state index in [-0.39, 0.29) is 11.9 Å². The van der Waals surface area contributed by atoms with E-state index in [1.807, 2.05) is 6.07 Å². The first-order valence-corrected chi connectivity index (χ1v) is 8.49. The van der Waals surface area contributed by atoms with Crippen molar-refractivity contribution in [3.05, 3.63) is 35.9 Å². The molecule has 7 nitrogen and oxygen atoms in total. The van der Waals surface area contributed by atoms with Crippen molar-refractivity contribution < 1.29 is 4.79 Å². The first kappa shape index (κ1) is 16.4. The van der Waals surface area contributed by atoms with Crippen LogP contribution in [0, 0.1) is 5.92 Å². The van der Waals surface area contributed by atoms with Gasteiger partial charge in [-0.05, 0) is 37.3 Å². The van der Waals surface area contributed by atoms with Crippen molar-refractivity contribution in [2.24, 2.45) is 5.92 Å². The number of hydrogen-bond acceptors (Lipinski definition) is 5. The average molecular weight is 328 g/mol. The number of nitrogens with one attached hydrogen (secondary N) is 2. The Morgan fingerprint density at radius 1 is 1.42 bits per heavy atom. The quantitative estimate of drug-likeness (QED) is 0.874. The number of aromatic nitrogens is 4. The minimum Gasteiger partial charge on any atom is -0.346 e. The number of piperidine rings is 1. The van der Waals surface area contributed by atoms with Gasteiger partial charge in [0, 0.05) is 37.2 Å².